The molecule has 0 aliphatic rings. The molecule has 0 aliphatic heterocycles. The standard InChI is InChI=1S/C48H64N4O5S2/c1-8-36(2)43(33-52(32-37-21-13-9-14-22-37)34-44(53)51-42(29-30-58-7)45(54)56-6)49-31-41(50-46(55)57-47(3,4)5)35-59-48(38-23-15-10-16-24-38,39-25-17-11-18-26-39)40-27-19-12-20-28-40/h9-28,36,41-43,49H,8,29-35H2,1-7H3,(H,50,55)(H,51,53)/t36-,41+,42-,43+/m0/s1. The maximum Gasteiger partial charge on any atom is 0.407 e. The lowest BCUT2D eigenvalue weighted by molar-refractivity contribution is -0.145. The van der Waals surface area contributed by atoms with Gasteiger partial charge in [-0.05, 0) is 67.4 Å². The molecule has 0 heterocycles. The van der Waals surface area contributed by atoms with Crippen molar-refractivity contribution >= 4 is 41.5 Å². The highest BCUT2D eigenvalue weighted by Gasteiger charge is 2.38. The molecule has 0 aromatic heterocycles. The fourth-order valence-electron chi connectivity index (χ4n) is 7.02. The molecule has 0 aliphatic carbocycles. The lowest BCUT2D eigenvalue weighted by Crippen LogP contribution is -2.53. The van der Waals surface area contributed by atoms with Gasteiger partial charge in [-0.15, -0.1) is 11.8 Å². The normalized spacial score (nSPS) is 13.8. The maximum absolute atomic E-state index is 13.6. The zero-order valence-electron chi connectivity index (χ0n) is 35.8. The summed E-state index contributed by atoms with van der Waals surface area (Å²) in [5.41, 5.74) is 3.83. The molecule has 0 fully saturated rings. The lowest BCUT2D eigenvalue weighted by Gasteiger charge is -2.37. The van der Waals surface area contributed by atoms with E-state index >= 15 is 0 Å². The van der Waals surface area contributed by atoms with Gasteiger partial charge in [0.1, 0.15) is 11.6 Å². The molecule has 11 heteroatoms. The van der Waals surface area contributed by atoms with Gasteiger partial charge in [-0.3, -0.25) is 9.69 Å². The van der Waals surface area contributed by atoms with Crippen LogP contribution in [0.3, 0.4) is 0 Å². The van der Waals surface area contributed by atoms with Crippen molar-refractivity contribution in [1.29, 1.82) is 0 Å². The van der Waals surface area contributed by atoms with Gasteiger partial charge in [-0.25, -0.2) is 9.59 Å². The number of nitrogens with zero attached hydrogens (tertiary/aromatic N) is 1. The van der Waals surface area contributed by atoms with Crippen LogP contribution in [0.2, 0.25) is 0 Å². The van der Waals surface area contributed by atoms with E-state index in [0.717, 1.165) is 28.7 Å². The molecule has 0 radical (unpaired) electrons. The number of rotatable bonds is 23. The molecule has 3 N–H and O–H groups in total. The summed E-state index contributed by atoms with van der Waals surface area (Å²) in [5, 5.41) is 10.0. The number of benzene rings is 4. The Hall–Kier alpha value is -4.29. The van der Waals surface area contributed by atoms with Crippen molar-refractivity contribution in [2.45, 2.75) is 82.5 Å². The predicted molar refractivity (Wildman–Crippen MR) is 245 cm³/mol. The van der Waals surface area contributed by atoms with Crippen LogP contribution in [0.25, 0.3) is 0 Å². The molecule has 4 rings (SSSR count). The van der Waals surface area contributed by atoms with E-state index in [1.807, 2.05) is 63.4 Å². The largest absolute Gasteiger partial charge is 0.467 e. The fourth-order valence-corrected chi connectivity index (χ4v) is 9.05. The van der Waals surface area contributed by atoms with Gasteiger partial charge in [-0.1, -0.05) is 142 Å². The Bertz CT molecular complexity index is 1730. The minimum absolute atomic E-state index is 0.0422. The molecule has 318 valence electrons. The van der Waals surface area contributed by atoms with E-state index < -0.39 is 28.5 Å². The summed E-state index contributed by atoms with van der Waals surface area (Å²) >= 11 is 3.40. The van der Waals surface area contributed by atoms with E-state index in [2.05, 4.69) is 120 Å². The molecule has 0 saturated carbocycles. The van der Waals surface area contributed by atoms with E-state index in [1.54, 1.807) is 23.5 Å². The van der Waals surface area contributed by atoms with Gasteiger partial charge in [0.05, 0.1) is 24.4 Å². The third-order valence-corrected chi connectivity index (χ3v) is 12.6. The highest BCUT2D eigenvalue weighted by Crippen LogP contribution is 2.48. The van der Waals surface area contributed by atoms with Crippen molar-refractivity contribution in [2.24, 2.45) is 5.92 Å². The molecular formula is C48H64N4O5S2. The van der Waals surface area contributed by atoms with E-state index in [1.165, 1.54) is 7.11 Å². The molecule has 0 bridgehead atoms. The predicted octanol–water partition coefficient (Wildman–Crippen LogP) is 8.52. The van der Waals surface area contributed by atoms with Gasteiger partial charge in [0.2, 0.25) is 5.91 Å². The van der Waals surface area contributed by atoms with Crippen LogP contribution >= 0.6 is 23.5 Å². The Morgan fingerprint density at radius 1 is 0.780 bits per heavy atom. The number of hydrogen-bond donors (Lipinski definition) is 3. The summed E-state index contributed by atoms with van der Waals surface area (Å²) in [6.45, 7) is 11.6. The van der Waals surface area contributed by atoms with Crippen LogP contribution < -0.4 is 16.0 Å². The Morgan fingerprint density at radius 3 is 1.78 bits per heavy atom. The average molecular weight is 841 g/mol. The minimum atomic E-state index is -0.714. The van der Waals surface area contributed by atoms with Gasteiger partial charge >= 0.3 is 12.1 Å². The number of hydrogen-bond acceptors (Lipinski definition) is 9. The minimum Gasteiger partial charge on any atom is -0.467 e. The highest BCUT2D eigenvalue weighted by molar-refractivity contribution is 8.00. The van der Waals surface area contributed by atoms with Crippen molar-refractivity contribution in [3.05, 3.63) is 144 Å². The summed E-state index contributed by atoms with van der Waals surface area (Å²) in [4.78, 5) is 41.9. The molecule has 4 aromatic rings. The number of carbonyl (C=O) groups is 3. The van der Waals surface area contributed by atoms with Crippen LogP contribution in [-0.2, 0) is 30.4 Å². The van der Waals surface area contributed by atoms with Gasteiger partial charge in [-0.2, -0.15) is 11.8 Å². The number of nitrogens with one attached hydrogen (secondary N) is 3. The number of alkyl carbamates (subject to hydrolysis) is 1. The molecule has 0 unspecified atom stereocenters. The van der Waals surface area contributed by atoms with Crippen LogP contribution in [-0.4, -0.2) is 91.1 Å². The first-order chi connectivity index (χ1) is 28.4. The number of esters is 1. The summed E-state index contributed by atoms with van der Waals surface area (Å²) in [5.74, 6) is 0.818. The van der Waals surface area contributed by atoms with Gasteiger partial charge in [0.15, 0.2) is 0 Å². The summed E-state index contributed by atoms with van der Waals surface area (Å²) in [6, 6.07) is 40.6. The molecular weight excluding hydrogens is 777 g/mol. The number of methoxy groups -OCH3 is 1. The van der Waals surface area contributed by atoms with Crippen molar-refractivity contribution < 1.29 is 23.9 Å². The van der Waals surface area contributed by atoms with Crippen LogP contribution in [0.4, 0.5) is 4.79 Å². The number of amides is 2. The Balaban J connectivity index is 1.65. The molecule has 2 amide bonds. The topological polar surface area (TPSA) is 109 Å². The van der Waals surface area contributed by atoms with E-state index in [9.17, 15) is 14.4 Å². The summed E-state index contributed by atoms with van der Waals surface area (Å²) in [6.07, 6.45) is 2.89. The Kier molecular flexibility index (Phi) is 19.3. The molecule has 59 heavy (non-hydrogen) atoms. The van der Waals surface area contributed by atoms with E-state index in [-0.39, 0.29) is 30.5 Å². The van der Waals surface area contributed by atoms with Crippen LogP contribution in [0.1, 0.15) is 69.7 Å². The highest BCUT2D eigenvalue weighted by atomic mass is 32.2. The quantitative estimate of drug-likeness (QED) is 0.0501. The smallest absolute Gasteiger partial charge is 0.407 e. The van der Waals surface area contributed by atoms with Gasteiger partial charge in [0, 0.05) is 31.4 Å². The van der Waals surface area contributed by atoms with E-state index in [0.29, 0.717) is 37.6 Å². The summed E-state index contributed by atoms with van der Waals surface area (Å²) < 4.78 is 10.3. The first-order valence-electron chi connectivity index (χ1n) is 20.5. The maximum atomic E-state index is 13.6. The molecule has 9 nitrogen and oxygen atoms in total. The van der Waals surface area contributed by atoms with Gasteiger partial charge < -0.3 is 25.4 Å². The van der Waals surface area contributed by atoms with Crippen LogP contribution in [0.5, 0.6) is 0 Å². The second kappa shape index (κ2) is 24.1. The van der Waals surface area contributed by atoms with Crippen molar-refractivity contribution in [1.82, 2.24) is 20.9 Å². The molecule has 0 spiro atoms. The number of carbonyl (C=O) groups excluding carboxylic acids is 3. The SMILES string of the molecule is CC[C@H](C)[C@@H](CN(CC(=O)N[C@@H](CCSC)C(=O)OC)Cc1ccccc1)NC[C@H](CSC(c1ccccc1)(c1ccccc1)c1ccccc1)NC(=O)OC(C)(C)C. The number of ether oxygens (including phenoxy) is 2. The molecule has 0 saturated heterocycles. The third kappa shape index (κ3) is 15.0. The summed E-state index contributed by atoms with van der Waals surface area (Å²) in [7, 11) is 1.35. The number of thioether (sulfide) groups is 2. The first-order valence-corrected chi connectivity index (χ1v) is 22.9. The monoisotopic (exact) mass is 840 g/mol. The average Bonchev–Trinajstić information content (AvgIpc) is 3.24. The van der Waals surface area contributed by atoms with Gasteiger partial charge in [0.25, 0.3) is 0 Å². The lowest BCUT2D eigenvalue weighted by atomic mass is 9.84. The van der Waals surface area contributed by atoms with E-state index in [4.69, 9.17) is 9.47 Å². The van der Waals surface area contributed by atoms with Crippen LogP contribution in [0, 0.1) is 5.92 Å². The molecule has 4 aromatic carbocycles. The fraction of sp³-hybridized carbons (Fsp3) is 0.438. The Morgan fingerprint density at radius 2 is 1.31 bits per heavy atom. The Labute approximate surface area is 361 Å². The van der Waals surface area contributed by atoms with Crippen LogP contribution in [0.15, 0.2) is 121 Å². The second-order valence-electron chi connectivity index (χ2n) is 15.9. The van der Waals surface area contributed by atoms with Crippen molar-refractivity contribution in [2.75, 3.05) is 44.5 Å². The third-order valence-electron chi connectivity index (χ3n) is 10.2. The molecule has 4 atom stereocenters. The zero-order valence-corrected chi connectivity index (χ0v) is 37.5. The first kappa shape index (κ1) is 47.4. The second-order valence-corrected chi connectivity index (χ2v) is 18.1. The zero-order chi connectivity index (χ0) is 42.7. The van der Waals surface area contributed by atoms with Crippen molar-refractivity contribution in [3.8, 4) is 0 Å². The van der Waals surface area contributed by atoms with Crippen molar-refractivity contribution in [3.63, 3.8) is 0 Å².